The number of carbonyl (C=O) groups is 2. The van der Waals surface area contributed by atoms with Crippen LogP contribution in [-0.2, 0) is 27.9 Å². The molecule has 0 aromatic carbocycles. The first-order valence-corrected chi connectivity index (χ1v) is 8.42. The van der Waals surface area contributed by atoms with E-state index in [9.17, 15) is 9.59 Å². The summed E-state index contributed by atoms with van der Waals surface area (Å²) in [5.74, 6) is -1.91. The second-order valence-electron chi connectivity index (χ2n) is 3.71. The van der Waals surface area contributed by atoms with Gasteiger partial charge < -0.3 is 18.3 Å². The maximum atomic E-state index is 11.7. The molecular formula is C13H20O6Si. The van der Waals surface area contributed by atoms with Crippen LogP contribution in [0.2, 0.25) is 6.55 Å². The molecule has 0 fully saturated rings. The average Bonchev–Trinajstić information content (AvgIpc) is 2.39. The van der Waals surface area contributed by atoms with Crippen LogP contribution in [0.3, 0.4) is 0 Å². The van der Waals surface area contributed by atoms with Crippen molar-refractivity contribution < 1.29 is 27.9 Å². The van der Waals surface area contributed by atoms with Crippen molar-refractivity contribution in [2.75, 3.05) is 13.2 Å². The highest BCUT2D eigenvalue weighted by atomic mass is 28.4. The summed E-state index contributed by atoms with van der Waals surface area (Å²) in [6, 6.07) is 0. The molecule has 0 rings (SSSR count). The van der Waals surface area contributed by atoms with Crippen LogP contribution in [0, 0.1) is 0 Å². The zero-order valence-electron chi connectivity index (χ0n) is 12.1. The van der Waals surface area contributed by atoms with Gasteiger partial charge in [-0.05, 0) is 32.7 Å². The van der Waals surface area contributed by atoms with Crippen LogP contribution in [0.5, 0.6) is 0 Å². The third-order valence-electron chi connectivity index (χ3n) is 2.05. The van der Waals surface area contributed by atoms with Crippen LogP contribution >= 0.6 is 0 Å². The maximum absolute atomic E-state index is 11.7. The lowest BCUT2D eigenvalue weighted by Gasteiger charge is -2.23. The topological polar surface area (TPSA) is 71.1 Å². The minimum Gasteiger partial charge on any atom is -0.487 e. The van der Waals surface area contributed by atoms with Gasteiger partial charge in [-0.2, -0.15) is 0 Å². The third kappa shape index (κ3) is 5.74. The van der Waals surface area contributed by atoms with Crippen molar-refractivity contribution in [3.63, 3.8) is 0 Å². The number of carbonyl (C=O) groups excluding carboxylic acids is 2. The Morgan fingerprint density at radius 3 is 1.60 bits per heavy atom. The van der Waals surface area contributed by atoms with Crippen LogP contribution in [0.4, 0.5) is 0 Å². The Morgan fingerprint density at radius 2 is 1.35 bits per heavy atom. The Bertz CT molecular complexity index is 383. The van der Waals surface area contributed by atoms with Crippen LogP contribution in [0.15, 0.2) is 37.0 Å². The Kier molecular flexibility index (Phi) is 7.38. The maximum Gasteiger partial charge on any atom is 0.488 e. The van der Waals surface area contributed by atoms with Gasteiger partial charge in [0.2, 0.25) is 0 Å². The Balaban J connectivity index is 4.73. The first-order chi connectivity index (χ1) is 9.29. The molecule has 0 atom stereocenters. The van der Waals surface area contributed by atoms with Gasteiger partial charge in [-0.15, -0.1) is 6.58 Å². The van der Waals surface area contributed by atoms with E-state index in [2.05, 4.69) is 19.7 Å². The molecule has 112 valence electrons. The van der Waals surface area contributed by atoms with E-state index in [0.717, 1.165) is 0 Å². The molecule has 0 spiro atoms. The van der Waals surface area contributed by atoms with Crippen LogP contribution in [0.25, 0.3) is 0 Å². The van der Waals surface area contributed by atoms with E-state index < -0.39 is 20.5 Å². The highest BCUT2D eigenvalue weighted by molar-refractivity contribution is 6.74. The Labute approximate surface area is 119 Å². The van der Waals surface area contributed by atoms with E-state index in [0.29, 0.717) is 0 Å². The summed E-state index contributed by atoms with van der Waals surface area (Å²) in [5.41, 5.74) is 1.29. The lowest BCUT2D eigenvalue weighted by atomic mass is 10.6. The fraction of sp³-hybridized carbons (Fsp3) is 0.385. The van der Waals surface area contributed by atoms with Crippen molar-refractivity contribution in [3.8, 4) is 0 Å². The molecule has 0 heterocycles. The third-order valence-corrected chi connectivity index (χ3v) is 3.98. The fourth-order valence-electron chi connectivity index (χ4n) is 1.05. The lowest BCUT2D eigenvalue weighted by Crippen LogP contribution is -2.42. The molecule has 0 saturated carbocycles. The van der Waals surface area contributed by atoms with Crippen LogP contribution in [0.1, 0.15) is 13.8 Å². The smallest absolute Gasteiger partial charge is 0.487 e. The standard InChI is InChI=1S/C13H20O6Si/c1-7-16-10(4)12(14)18-20(6,9-3)19-13(15)11(5)17-8-2/h9H,3-5,7-8H2,1-2,6H3. The Morgan fingerprint density at radius 1 is 1.00 bits per heavy atom. The molecule has 0 aliphatic heterocycles. The van der Waals surface area contributed by atoms with Crippen molar-refractivity contribution in [1.29, 1.82) is 0 Å². The van der Waals surface area contributed by atoms with Gasteiger partial charge in [-0.1, -0.05) is 0 Å². The molecule has 0 radical (unpaired) electrons. The molecule has 0 amide bonds. The monoisotopic (exact) mass is 300 g/mol. The number of hydrogen-bond acceptors (Lipinski definition) is 6. The summed E-state index contributed by atoms with van der Waals surface area (Å²) in [6.45, 7) is 15.8. The molecule has 7 heteroatoms. The summed E-state index contributed by atoms with van der Waals surface area (Å²) < 4.78 is 20.1. The van der Waals surface area contributed by atoms with Gasteiger partial charge >= 0.3 is 20.5 Å². The van der Waals surface area contributed by atoms with Gasteiger partial charge in [0.05, 0.1) is 13.2 Å². The molecule has 20 heavy (non-hydrogen) atoms. The first-order valence-electron chi connectivity index (χ1n) is 6.03. The number of ether oxygens (including phenoxy) is 2. The van der Waals surface area contributed by atoms with Gasteiger partial charge in [-0.25, -0.2) is 9.59 Å². The average molecular weight is 300 g/mol. The zero-order valence-corrected chi connectivity index (χ0v) is 13.1. The molecule has 0 aliphatic carbocycles. The SMILES string of the molecule is C=C[Si](C)(OC(=O)C(=C)OCC)OC(=O)C(=C)OCC. The molecule has 0 N–H and O–H groups in total. The molecule has 0 unspecified atom stereocenters. The predicted octanol–water partition coefficient (Wildman–Crippen LogP) is 1.97. The largest absolute Gasteiger partial charge is 0.488 e. The van der Waals surface area contributed by atoms with Crippen molar-refractivity contribution in [2.45, 2.75) is 20.4 Å². The van der Waals surface area contributed by atoms with Crippen LogP contribution in [-0.4, -0.2) is 33.7 Å². The lowest BCUT2D eigenvalue weighted by molar-refractivity contribution is -0.140. The molecule has 0 aromatic heterocycles. The van der Waals surface area contributed by atoms with Crippen molar-refractivity contribution >= 4 is 20.5 Å². The van der Waals surface area contributed by atoms with E-state index in [4.69, 9.17) is 18.3 Å². The second kappa shape index (κ2) is 8.21. The Hall–Kier alpha value is -2.02. The van der Waals surface area contributed by atoms with Gasteiger partial charge in [0.1, 0.15) is 0 Å². The highest BCUT2D eigenvalue weighted by Gasteiger charge is 2.38. The predicted molar refractivity (Wildman–Crippen MR) is 75.5 cm³/mol. The van der Waals surface area contributed by atoms with Crippen molar-refractivity contribution in [1.82, 2.24) is 0 Å². The van der Waals surface area contributed by atoms with Crippen molar-refractivity contribution in [2.24, 2.45) is 0 Å². The summed E-state index contributed by atoms with van der Waals surface area (Å²) in [7, 11) is -3.25. The number of rotatable bonds is 9. The minimum absolute atomic E-state index is 0.159. The summed E-state index contributed by atoms with van der Waals surface area (Å²) >= 11 is 0. The molecule has 0 aromatic rings. The van der Waals surface area contributed by atoms with Gasteiger partial charge in [0.25, 0.3) is 0 Å². The van der Waals surface area contributed by atoms with Gasteiger partial charge in [0, 0.05) is 6.55 Å². The zero-order chi connectivity index (χ0) is 15.8. The fourth-order valence-corrected chi connectivity index (χ4v) is 2.22. The number of hydrogen-bond donors (Lipinski definition) is 0. The van der Waals surface area contributed by atoms with E-state index in [-0.39, 0.29) is 24.7 Å². The first kappa shape index (κ1) is 18.0. The second-order valence-corrected chi connectivity index (χ2v) is 6.56. The van der Waals surface area contributed by atoms with Gasteiger partial charge in [0.15, 0.2) is 11.5 Å². The summed E-state index contributed by atoms with van der Waals surface area (Å²) in [6.07, 6.45) is 0. The molecule has 6 nitrogen and oxygen atoms in total. The molecule has 0 aliphatic rings. The van der Waals surface area contributed by atoms with Crippen LogP contribution < -0.4 is 0 Å². The van der Waals surface area contributed by atoms with E-state index in [1.807, 2.05) is 0 Å². The highest BCUT2D eigenvalue weighted by Crippen LogP contribution is 2.14. The normalized spacial score (nSPS) is 10.2. The quantitative estimate of drug-likeness (QED) is 0.368. The van der Waals surface area contributed by atoms with Crippen molar-refractivity contribution in [3.05, 3.63) is 37.0 Å². The van der Waals surface area contributed by atoms with E-state index >= 15 is 0 Å². The van der Waals surface area contributed by atoms with E-state index in [1.165, 1.54) is 12.2 Å². The minimum atomic E-state index is -3.25. The van der Waals surface area contributed by atoms with Gasteiger partial charge in [-0.3, -0.25) is 0 Å². The molecular weight excluding hydrogens is 280 g/mol. The summed E-state index contributed by atoms with van der Waals surface area (Å²) in [4.78, 5) is 23.4. The molecule has 0 saturated heterocycles. The molecule has 0 bridgehead atoms. The summed E-state index contributed by atoms with van der Waals surface area (Å²) in [5, 5.41) is 0. The van der Waals surface area contributed by atoms with E-state index in [1.54, 1.807) is 13.8 Å².